The van der Waals surface area contributed by atoms with Crippen LogP contribution in [0, 0.1) is 0 Å². The lowest BCUT2D eigenvalue weighted by atomic mass is 10.0. The molecule has 28 heavy (non-hydrogen) atoms. The van der Waals surface area contributed by atoms with Gasteiger partial charge < -0.3 is 20.4 Å². The molecule has 3 rings (SSSR count). The number of ketones is 1. The molecule has 0 aliphatic rings. The van der Waals surface area contributed by atoms with Gasteiger partial charge in [0.1, 0.15) is 5.69 Å². The normalized spacial score (nSPS) is 11.0. The Kier molecular flexibility index (Phi) is 5.67. The molecule has 7 nitrogen and oxygen atoms in total. The Morgan fingerprint density at radius 1 is 0.821 bits per heavy atom. The first kappa shape index (κ1) is 19.1. The van der Waals surface area contributed by atoms with Crippen LogP contribution in [0.2, 0.25) is 0 Å². The summed E-state index contributed by atoms with van der Waals surface area (Å²) in [6.07, 6.45) is 0.523. The number of rotatable bonds is 6. The number of phenols is 3. The third-order valence-corrected chi connectivity index (χ3v) is 4.12. The van der Waals surface area contributed by atoms with Crippen LogP contribution in [-0.2, 0) is 6.42 Å². The Labute approximate surface area is 160 Å². The summed E-state index contributed by atoms with van der Waals surface area (Å²) in [6.45, 7) is 0.0414. The van der Waals surface area contributed by atoms with Gasteiger partial charge in [-0.15, -0.1) is 5.11 Å². The minimum Gasteiger partial charge on any atom is -0.504 e. The van der Waals surface area contributed by atoms with E-state index >= 15 is 0 Å². The Bertz CT molecular complexity index is 1020. The number of carbonyl (C=O) groups excluding carboxylic acids is 1. The van der Waals surface area contributed by atoms with Crippen molar-refractivity contribution in [3.05, 3.63) is 77.4 Å². The van der Waals surface area contributed by atoms with Gasteiger partial charge in [0.25, 0.3) is 0 Å². The number of aliphatic hydroxyl groups is 1. The highest BCUT2D eigenvalue weighted by Gasteiger charge is 2.22. The molecule has 0 spiro atoms. The van der Waals surface area contributed by atoms with Crippen LogP contribution in [0.4, 0.5) is 11.4 Å². The number of hydrogen-bond acceptors (Lipinski definition) is 7. The molecular formula is C21H18N2O5. The minimum atomic E-state index is -0.839. The van der Waals surface area contributed by atoms with E-state index in [-0.39, 0.29) is 17.9 Å². The second kappa shape index (κ2) is 8.32. The number of aliphatic hydroxyl groups excluding tert-OH is 1. The maximum absolute atomic E-state index is 12.6. The third kappa shape index (κ3) is 3.99. The fraction of sp³-hybridized carbons (Fsp3) is 0.0952. The molecule has 0 aliphatic carbocycles. The standard InChI is InChI=1S/C21H18N2O5/c24-11-10-13-6-8-15(9-7-13)22-23-17-12-16(19(26)21(28)20(17)27)18(25)14-4-2-1-3-5-14/h1-9,12,24,26-28H,10-11H2. The van der Waals surface area contributed by atoms with E-state index in [4.69, 9.17) is 5.11 Å². The van der Waals surface area contributed by atoms with Crippen LogP contribution in [-0.4, -0.2) is 32.8 Å². The largest absolute Gasteiger partial charge is 0.504 e. The lowest BCUT2D eigenvalue weighted by Crippen LogP contribution is -2.01. The van der Waals surface area contributed by atoms with Crippen LogP contribution in [0.1, 0.15) is 21.5 Å². The number of phenolic OH excluding ortho intramolecular Hbond substituents is 3. The average molecular weight is 378 g/mol. The molecule has 7 heteroatoms. The molecule has 0 amide bonds. The highest BCUT2D eigenvalue weighted by atomic mass is 16.3. The fourth-order valence-corrected chi connectivity index (χ4v) is 2.60. The Morgan fingerprint density at radius 2 is 1.50 bits per heavy atom. The van der Waals surface area contributed by atoms with E-state index in [1.165, 1.54) is 6.07 Å². The van der Waals surface area contributed by atoms with Gasteiger partial charge in [0.15, 0.2) is 17.3 Å². The minimum absolute atomic E-state index is 0.0414. The number of hydrogen-bond donors (Lipinski definition) is 4. The van der Waals surface area contributed by atoms with Gasteiger partial charge in [-0.25, -0.2) is 0 Å². The van der Waals surface area contributed by atoms with Crippen molar-refractivity contribution in [2.24, 2.45) is 10.2 Å². The number of azo groups is 1. The Hall–Kier alpha value is -3.71. The van der Waals surface area contributed by atoms with Crippen molar-refractivity contribution in [2.45, 2.75) is 6.42 Å². The maximum atomic E-state index is 12.6. The van der Waals surface area contributed by atoms with Crippen molar-refractivity contribution >= 4 is 17.2 Å². The van der Waals surface area contributed by atoms with E-state index in [1.807, 2.05) is 0 Å². The Morgan fingerprint density at radius 3 is 2.14 bits per heavy atom. The van der Waals surface area contributed by atoms with E-state index < -0.39 is 23.0 Å². The molecule has 0 saturated heterocycles. The van der Waals surface area contributed by atoms with Gasteiger partial charge in [-0.1, -0.05) is 42.5 Å². The molecule has 3 aromatic rings. The van der Waals surface area contributed by atoms with Crippen molar-refractivity contribution < 1.29 is 25.2 Å². The molecule has 142 valence electrons. The summed E-state index contributed by atoms with van der Waals surface area (Å²) in [5.41, 5.74) is 1.36. The van der Waals surface area contributed by atoms with Crippen LogP contribution < -0.4 is 0 Å². The molecule has 3 aromatic carbocycles. The number of nitrogens with zero attached hydrogens (tertiary/aromatic N) is 2. The zero-order chi connectivity index (χ0) is 20.1. The first-order valence-electron chi connectivity index (χ1n) is 8.50. The highest BCUT2D eigenvalue weighted by molar-refractivity contribution is 6.12. The lowest BCUT2D eigenvalue weighted by molar-refractivity contribution is 0.103. The lowest BCUT2D eigenvalue weighted by Gasteiger charge is -2.09. The van der Waals surface area contributed by atoms with E-state index in [2.05, 4.69) is 10.2 Å². The molecule has 0 bridgehead atoms. The molecule has 0 fully saturated rings. The predicted molar refractivity (Wildman–Crippen MR) is 103 cm³/mol. The molecular weight excluding hydrogens is 360 g/mol. The maximum Gasteiger partial charge on any atom is 0.203 e. The fourth-order valence-electron chi connectivity index (χ4n) is 2.60. The van der Waals surface area contributed by atoms with Crippen molar-refractivity contribution in [2.75, 3.05) is 6.61 Å². The second-order valence-corrected chi connectivity index (χ2v) is 6.02. The van der Waals surface area contributed by atoms with Crippen LogP contribution in [0.15, 0.2) is 70.9 Å². The van der Waals surface area contributed by atoms with Gasteiger partial charge in [0.05, 0.1) is 11.3 Å². The molecule has 0 saturated carbocycles. The number of carbonyl (C=O) groups is 1. The molecule has 0 unspecified atom stereocenters. The summed E-state index contributed by atoms with van der Waals surface area (Å²) in [5, 5.41) is 46.9. The van der Waals surface area contributed by atoms with Gasteiger partial charge in [-0.2, -0.15) is 5.11 Å². The smallest absolute Gasteiger partial charge is 0.203 e. The van der Waals surface area contributed by atoms with E-state index in [9.17, 15) is 20.1 Å². The molecule has 0 aromatic heterocycles. The van der Waals surface area contributed by atoms with E-state index in [0.29, 0.717) is 17.7 Å². The van der Waals surface area contributed by atoms with Gasteiger partial charge in [0.2, 0.25) is 5.75 Å². The van der Waals surface area contributed by atoms with Crippen molar-refractivity contribution in [3.63, 3.8) is 0 Å². The molecule has 4 N–H and O–H groups in total. The van der Waals surface area contributed by atoms with Gasteiger partial charge >= 0.3 is 0 Å². The molecule has 0 atom stereocenters. The predicted octanol–water partition coefficient (Wildman–Crippen LogP) is 3.98. The number of benzene rings is 3. The third-order valence-electron chi connectivity index (χ3n) is 4.12. The molecule has 0 radical (unpaired) electrons. The van der Waals surface area contributed by atoms with Gasteiger partial charge in [0, 0.05) is 12.2 Å². The summed E-state index contributed by atoms with van der Waals surface area (Å²) >= 11 is 0. The van der Waals surface area contributed by atoms with Gasteiger partial charge in [-0.05, 0) is 30.2 Å². The van der Waals surface area contributed by atoms with E-state index in [1.54, 1.807) is 54.6 Å². The van der Waals surface area contributed by atoms with Crippen LogP contribution in [0.5, 0.6) is 17.2 Å². The summed E-state index contributed by atoms with van der Waals surface area (Å²) in [6, 6.07) is 16.3. The van der Waals surface area contributed by atoms with E-state index in [0.717, 1.165) is 5.56 Å². The number of aromatic hydroxyl groups is 3. The van der Waals surface area contributed by atoms with Crippen molar-refractivity contribution in [3.8, 4) is 17.2 Å². The topological polar surface area (TPSA) is 123 Å². The molecule has 0 aliphatic heterocycles. The average Bonchev–Trinajstić information content (AvgIpc) is 2.73. The molecule has 0 heterocycles. The van der Waals surface area contributed by atoms with Crippen LogP contribution >= 0.6 is 0 Å². The summed E-state index contributed by atoms with van der Waals surface area (Å²) < 4.78 is 0. The van der Waals surface area contributed by atoms with Crippen molar-refractivity contribution in [1.29, 1.82) is 0 Å². The monoisotopic (exact) mass is 378 g/mol. The first-order chi connectivity index (χ1) is 13.5. The summed E-state index contributed by atoms with van der Waals surface area (Å²) in [7, 11) is 0. The highest BCUT2D eigenvalue weighted by Crippen LogP contribution is 2.45. The second-order valence-electron chi connectivity index (χ2n) is 6.02. The zero-order valence-electron chi connectivity index (χ0n) is 14.8. The summed E-state index contributed by atoms with van der Waals surface area (Å²) in [5.74, 6) is -2.77. The zero-order valence-corrected chi connectivity index (χ0v) is 14.8. The van der Waals surface area contributed by atoms with Crippen LogP contribution in [0.25, 0.3) is 0 Å². The van der Waals surface area contributed by atoms with Crippen molar-refractivity contribution in [1.82, 2.24) is 0 Å². The Balaban J connectivity index is 1.95. The first-order valence-corrected chi connectivity index (χ1v) is 8.50. The quantitative estimate of drug-likeness (QED) is 0.293. The van der Waals surface area contributed by atoms with Gasteiger partial charge in [-0.3, -0.25) is 4.79 Å². The summed E-state index contributed by atoms with van der Waals surface area (Å²) in [4.78, 5) is 12.6. The SMILES string of the molecule is O=C(c1ccccc1)c1cc(N=Nc2ccc(CCO)cc2)c(O)c(O)c1O. The van der Waals surface area contributed by atoms with Crippen LogP contribution in [0.3, 0.4) is 0 Å².